The molecule has 1 aromatic carbocycles. The standard InChI is InChI=1S/C12H11BrF2N2OS/c1-2-3-7(13)11(18)17-12-16-10-8(15)4-6(14)5-9(10)19-12/h4-5,7H,2-3H2,1H3,(H,16,17,18). The quantitative estimate of drug-likeness (QED) is 0.846. The average Bonchev–Trinajstić information content (AvgIpc) is 2.72. The molecule has 1 N–H and O–H groups in total. The highest BCUT2D eigenvalue weighted by molar-refractivity contribution is 9.10. The van der Waals surface area contributed by atoms with E-state index in [0.29, 0.717) is 11.1 Å². The predicted molar refractivity (Wildman–Crippen MR) is 75.8 cm³/mol. The molecule has 102 valence electrons. The summed E-state index contributed by atoms with van der Waals surface area (Å²) in [5.74, 6) is -1.62. The minimum absolute atomic E-state index is 0.0725. The van der Waals surface area contributed by atoms with Crippen LogP contribution >= 0.6 is 27.3 Å². The molecule has 2 rings (SSSR count). The molecule has 1 unspecified atom stereocenters. The summed E-state index contributed by atoms with van der Waals surface area (Å²) >= 11 is 4.31. The highest BCUT2D eigenvalue weighted by atomic mass is 79.9. The normalized spacial score (nSPS) is 12.6. The third-order valence-electron chi connectivity index (χ3n) is 2.47. The van der Waals surface area contributed by atoms with Gasteiger partial charge in [0, 0.05) is 6.07 Å². The Kier molecular flexibility index (Phi) is 4.46. The Morgan fingerprint density at radius 1 is 1.53 bits per heavy atom. The number of anilines is 1. The number of aromatic nitrogens is 1. The van der Waals surface area contributed by atoms with Crippen LogP contribution in [0, 0.1) is 11.6 Å². The molecule has 2 aromatic rings. The molecule has 0 saturated carbocycles. The summed E-state index contributed by atoms with van der Waals surface area (Å²) in [6.07, 6.45) is 1.56. The molecular formula is C12H11BrF2N2OS. The first kappa shape index (κ1) is 14.3. The van der Waals surface area contributed by atoms with Crippen LogP contribution < -0.4 is 5.32 Å². The molecule has 0 fully saturated rings. The third kappa shape index (κ3) is 3.27. The topological polar surface area (TPSA) is 42.0 Å². The second-order valence-electron chi connectivity index (χ2n) is 4.00. The van der Waals surface area contributed by atoms with Gasteiger partial charge >= 0.3 is 0 Å². The number of carbonyl (C=O) groups is 1. The van der Waals surface area contributed by atoms with E-state index in [1.807, 2.05) is 6.92 Å². The first-order valence-corrected chi connectivity index (χ1v) is 7.45. The predicted octanol–water partition coefficient (Wildman–Crippen LogP) is 4.08. The van der Waals surface area contributed by atoms with Crippen molar-refractivity contribution in [2.45, 2.75) is 24.6 Å². The van der Waals surface area contributed by atoms with E-state index in [0.717, 1.165) is 23.8 Å². The number of carbonyl (C=O) groups excluding carboxylic acids is 1. The van der Waals surface area contributed by atoms with Crippen LogP contribution in [0.5, 0.6) is 0 Å². The van der Waals surface area contributed by atoms with Gasteiger partial charge in [-0.2, -0.15) is 0 Å². The SMILES string of the molecule is CCCC(Br)C(=O)Nc1nc2c(F)cc(F)cc2s1. The summed E-state index contributed by atoms with van der Waals surface area (Å²) in [7, 11) is 0. The number of halogens is 3. The lowest BCUT2D eigenvalue weighted by Gasteiger charge is -2.06. The van der Waals surface area contributed by atoms with Gasteiger partial charge in [-0.1, -0.05) is 40.6 Å². The van der Waals surface area contributed by atoms with Gasteiger partial charge in [0.25, 0.3) is 0 Å². The summed E-state index contributed by atoms with van der Waals surface area (Å²) in [6, 6.07) is 1.97. The van der Waals surface area contributed by atoms with Gasteiger partial charge in [-0.25, -0.2) is 13.8 Å². The fourth-order valence-corrected chi connectivity index (χ4v) is 3.06. The van der Waals surface area contributed by atoms with Gasteiger partial charge in [0.15, 0.2) is 10.9 Å². The minimum Gasteiger partial charge on any atom is -0.301 e. The molecule has 0 saturated heterocycles. The number of nitrogens with zero attached hydrogens (tertiary/aromatic N) is 1. The molecule has 0 aliphatic heterocycles. The van der Waals surface area contributed by atoms with E-state index in [9.17, 15) is 13.6 Å². The highest BCUT2D eigenvalue weighted by Gasteiger charge is 2.17. The Bertz CT molecular complexity index is 617. The Labute approximate surface area is 121 Å². The number of amides is 1. The summed E-state index contributed by atoms with van der Waals surface area (Å²) in [6.45, 7) is 1.97. The highest BCUT2D eigenvalue weighted by Crippen LogP contribution is 2.29. The van der Waals surface area contributed by atoms with Gasteiger partial charge in [0.1, 0.15) is 11.3 Å². The van der Waals surface area contributed by atoms with Gasteiger partial charge in [0.2, 0.25) is 5.91 Å². The van der Waals surface area contributed by atoms with Gasteiger partial charge in [-0.3, -0.25) is 4.79 Å². The van der Waals surface area contributed by atoms with E-state index < -0.39 is 11.6 Å². The van der Waals surface area contributed by atoms with Crippen molar-refractivity contribution in [1.82, 2.24) is 4.98 Å². The summed E-state index contributed by atoms with van der Waals surface area (Å²) in [5, 5.41) is 2.86. The van der Waals surface area contributed by atoms with E-state index in [4.69, 9.17) is 0 Å². The van der Waals surface area contributed by atoms with Crippen LogP contribution in [0.15, 0.2) is 12.1 Å². The zero-order valence-electron chi connectivity index (χ0n) is 10.0. The number of hydrogen-bond donors (Lipinski definition) is 1. The zero-order chi connectivity index (χ0) is 14.0. The van der Waals surface area contributed by atoms with Gasteiger partial charge in [0.05, 0.1) is 9.53 Å². The number of nitrogens with one attached hydrogen (secondary N) is 1. The van der Waals surface area contributed by atoms with Crippen LogP contribution in [0.4, 0.5) is 13.9 Å². The van der Waals surface area contributed by atoms with Crippen molar-refractivity contribution in [1.29, 1.82) is 0 Å². The molecule has 0 spiro atoms. The fourth-order valence-electron chi connectivity index (χ4n) is 1.58. The van der Waals surface area contributed by atoms with Crippen molar-refractivity contribution >= 4 is 48.5 Å². The maximum Gasteiger partial charge on any atom is 0.239 e. The molecule has 0 bridgehead atoms. The molecular weight excluding hydrogens is 338 g/mol. The molecule has 0 aliphatic rings. The lowest BCUT2D eigenvalue weighted by Crippen LogP contribution is -2.22. The van der Waals surface area contributed by atoms with Crippen LogP contribution in [0.1, 0.15) is 19.8 Å². The number of rotatable bonds is 4. The molecule has 7 heteroatoms. The monoisotopic (exact) mass is 348 g/mol. The van der Waals surface area contributed by atoms with E-state index in [1.54, 1.807) is 0 Å². The Morgan fingerprint density at radius 3 is 2.95 bits per heavy atom. The van der Waals surface area contributed by atoms with Gasteiger partial charge in [-0.15, -0.1) is 0 Å². The van der Waals surface area contributed by atoms with E-state index in [1.165, 1.54) is 6.07 Å². The van der Waals surface area contributed by atoms with Crippen LogP contribution in [0.2, 0.25) is 0 Å². The van der Waals surface area contributed by atoms with Crippen molar-refractivity contribution in [2.24, 2.45) is 0 Å². The second kappa shape index (κ2) is 5.92. The second-order valence-corrected chi connectivity index (χ2v) is 6.13. The molecule has 1 heterocycles. The van der Waals surface area contributed by atoms with Crippen molar-refractivity contribution in [3.63, 3.8) is 0 Å². The fraction of sp³-hybridized carbons (Fsp3) is 0.333. The number of thiazole rings is 1. The average molecular weight is 349 g/mol. The van der Waals surface area contributed by atoms with E-state index in [-0.39, 0.29) is 21.4 Å². The van der Waals surface area contributed by atoms with Crippen LogP contribution in [0.25, 0.3) is 10.2 Å². The molecule has 0 aliphatic carbocycles. The maximum atomic E-state index is 13.5. The van der Waals surface area contributed by atoms with Crippen molar-refractivity contribution in [2.75, 3.05) is 5.32 Å². The maximum absolute atomic E-state index is 13.5. The molecule has 19 heavy (non-hydrogen) atoms. The molecule has 1 atom stereocenters. The molecule has 0 radical (unpaired) electrons. The van der Waals surface area contributed by atoms with Crippen molar-refractivity contribution in [3.8, 4) is 0 Å². The molecule has 3 nitrogen and oxygen atoms in total. The zero-order valence-corrected chi connectivity index (χ0v) is 12.4. The molecule has 1 aromatic heterocycles. The van der Waals surface area contributed by atoms with Gasteiger partial charge < -0.3 is 5.32 Å². The summed E-state index contributed by atoms with van der Waals surface area (Å²) < 4.78 is 26.9. The Morgan fingerprint density at radius 2 is 2.26 bits per heavy atom. The largest absolute Gasteiger partial charge is 0.301 e. The third-order valence-corrected chi connectivity index (χ3v) is 4.26. The molecule has 1 amide bonds. The Balaban J connectivity index is 2.22. The van der Waals surface area contributed by atoms with Crippen molar-refractivity contribution in [3.05, 3.63) is 23.8 Å². The van der Waals surface area contributed by atoms with Crippen LogP contribution in [-0.4, -0.2) is 15.7 Å². The van der Waals surface area contributed by atoms with E-state index >= 15 is 0 Å². The smallest absolute Gasteiger partial charge is 0.239 e. The van der Waals surface area contributed by atoms with Crippen molar-refractivity contribution < 1.29 is 13.6 Å². The lowest BCUT2D eigenvalue weighted by atomic mass is 10.2. The summed E-state index contributed by atoms with van der Waals surface area (Å²) in [4.78, 5) is 15.4. The number of fused-ring (bicyclic) bond motifs is 1. The summed E-state index contributed by atoms with van der Waals surface area (Å²) in [5.41, 5.74) is 0.0725. The van der Waals surface area contributed by atoms with Crippen LogP contribution in [-0.2, 0) is 4.79 Å². The number of hydrogen-bond acceptors (Lipinski definition) is 3. The minimum atomic E-state index is -0.726. The first-order chi connectivity index (χ1) is 9.01. The van der Waals surface area contributed by atoms with Gasteiger partial charge in [-0.05, 0) is 12.5 Å². The Hall–Kier alpha value is -1.08. The number of alkyl halides is 1. The lowest BCUT2D eigenvalue weighted by molar-refractivity contribution is -0.115. The number of benzene rings is 1. The van der Waals surface area contributed by atoms with Crippen LogP contribution in [0.3, 0.4) is 0 Å². The first-order valence-electron chi connectivity index (χ1n) is 5.71. The van der Waals surface area contributed by atoms with E-state index in [2.05, 4.69) is 26.2 Å².